The maximum atomic E-state index is 12.2. The summed E-state index contributed by atoms with van der Waals surface area (Å²) in [5.41, 5.74) is 0. The van der Waals surface area contributed by atoms with Crippen molar-refractivity contribution < 1.29 is 18.3 Å². The Balaban J connectivity index is 2.46. The highest BCUT2D eigenvalue weighted by molar-refractivity contribution is 4.83. The van der Waals surface area contributed by atoms with E-state index in [4.69, 9.17) is 5.11 Å². The Hall–Kier alpha value is -0.330. The van der Waals surface area contributed by atoms with Crippen molar-refractivity contribution in [2.75, 3.05) is 33.7 Å². The van der Waals surface area contributed by atoms with Crippen LogP contribution in [0.1, 0.15) is 12.8 Å². The lowest BCUT2D eigenvalue weighted by Crippen LogP contribution is -2.45. The fourth-order valence-corrected chi connectivity index (χ4v) is 2.09. The number of aliphatic hydroxyl groups is 1. The number of likely N-dealkylation sites (N-methyl/N-ethyl adjacent to an activating group) is 1. The van der Waals surface area contributed by atoms with Crippen LogP contribution in [0.4, 0.5) is 13.2 Å². The molecule has 0 aromatic carbocycles. The SMILES string of the molecule is CN(C)CC1CCCN1CC(O)C(F)(F)F. The zero-order valence-corrected chi connectivity index (χ0v) is 9.67. The molecule has 1 heterocycles. The Labute approximate surface area is 93.8 Å². The maximum absolute atomic E-state index is 12.2. The Morgan fingerprint density at radius 3 is 2.56 bits per heavy atom. The number of aliphatic hydroxyl groups excluding tert-OH is 1. The third-order valence-electron chi connectivity index (χ3n) is 2.86. The third kappa shape index (κ3) is 3.92. The number of nitrogens with zero attached hydrogens (tertiary/aromatic N) is 2. The number of β-amino-alcohol motifs (C(OH)–C–C–N with tert-alkyl or cyclic N) is 1. The lowest BCUT2D eigenvalue weighted by molar-refractivity contribution is -0.208. The van der Waals surface area contributed by atoms with E-state index in [2.05, 4.69) is 0 Å². The summed E-state index contributed by atoms with van der Waals surface area (Å²) in [4.78, 5) is 3.70. The third-order valence-corrected chi connectivity index (χ3v) is 2.86. The van der Waals surface area contributed by atoms with E-state index in [9.17, 15) is 13.2 Å². The lowest BCUT2D eigenvalue weighted by atomic mass is 10.2. The standard InChI is InChI=1S/C10H19F3N2O/c1-14(2)6-8-4-3-5-15(8)7-9(16)10(11,12)13/h8-9,16H,3-7H2,1-2H3. The molecule has 3 nitrogen and oxygen atoms in total. The summed E-state index contributed by atoms with van der Waals surface area (Å²) < 4.78 is 36.6. The minimum absolute atomic E-state index is 0.131. The number of hydrogen-bond donors (Lipinski definition) is 1. The molecule has 6 heteroatoms. The quantitative estimate of drug-likeness (QED) is 0.792. The molecule has 1 N–H and O–H groups in total. The Morgan fingerprint density at radius 2 is 2.06 bits per heavy atom. The number of hydrogen-bond acceptors (Lipinski definition) is 3. The van der Waals surface area contributed by atoms with Gasteiger partial charge in [-0.2, -0.15) is 13.2 Å². The van der Waals surface area contributed by atoms with Gasteiger partial charge in [0.2, 0.25) is 0 Å². The van der Waals surface area contributed by atoms with Crippen molar-refractivity contribution in [3.05, 3.63) is 0 Å². The van der Waals surface area contributed by atoms with Gasteiger partial charge >= 0.3 is 6.18 Å². The first-order chi connectivity index (χ1) is 7.30. The van der Waals surface area contributed by atoms with Crippen LogP contribution < -0.4 is 0 Å². The van der Waals surface area contributed by atoms with E-state index in [0.717, 1.165) is 19.4 Å². The van der Waals surface area contributed by atoms with E-state index in [1.165, 1.54) is 0 Å². The highest BCUT2D eigenvalue weighted by atomic mass is 19.4. The average Bonchev–Trinajstić information content (AvgIpc) is 2.50. The molecule has 0 spiro atoms. The van der Waals surface area contributed by atoms with Gasteiger partial charge in [-0.25, -0.2) is 0 Å². The van der Waals surface area contributed by atoms with E-state index < -0.39 is 12.3 Å². The van der Waals surface area contributed by atoms with Gasteiger partial charge < -0.3 is 10.0 Å². The van der Waals surface area contributed by atoms with Crippen molar-refractivity contribution in [3.63, 3.8) is 0 Å². The lowest BCUT2D eigenvalue weighted by Gasteiger charge is -2.29. The molecular weight excluding hydrogens is 221 g/mol. The van der Waals surface area contributed by atoms with Gasteiger partial charge in [0.25, 0.3) is 0 Å². The monoisotopic (exact) mass is 240 g/mol. The zero-order chi connectivity index (χ0) is 12.3. The van der Waals surface area contributed by atoms with E-state index in [1.807, 2.05) is 19.0 Å². The highest BCUT2D eigenvalue weighted by Gasteiger charge is 2.40. The molecule has 2 atom stereocenters. The average molecular weight is 240 g/mol. The smallest absolute Gasteiger partial charge is 0.382 e. The van der Waals surface area contributed by atoms with Crippen molar-refractivity contribution in [1.82, 2.24) is 9.80 Å². The van der Waals surface area contributed by atoms with E-state index in [1.54, 1.807) is 4.90 Å². The molecule has 0 aliphatic carbocycles. The van der Waals surface area contributed by atoms with Crippen LogP contribution in [0.2, 0.25) is 0 Å². The summed E-state index contributed by atoms with van der Waals surface area (Å²) in [6.07, 6.45) is -4.92. The van der Waals surface area contributed by atoms with Gasteiger partial charge in [0.1, 0.15) is 0 Å². The summed E-state index contributed by atoms with van der Waals surface area (Å²) in [7, 11) is 3.80. The van der Waals surface area contributed by atoms with Crippen LogP contribution >= 0.6 is 0 Å². The number of rotatable bonds is 4. The largest absolute Gasteiger partial charge is 0.415 e. The van der Waals surface area contributed by atoms with Crippen LogP contribution in [0.5, 0.6) is 0 Å². The highest BCUT2D eigenvalue weighted by Crippen LogP contribution is 2.24. The van der Waals surface area contributed by atoms with Gasteiger partial charge in [-0.3, -0.25) is 4.90 Å². The molecule has 0 bridgehead atoms. The van der Waals surface area contributed by atoms with Crippen molar-refractivity contribution in [3.8, 4) is 0 Å². The molecule has 0 amide bonds. The zero-order valence-electron chi connectivity index (χ0n) is 9.67. The minimum Gasteiger partial charge on any atom is -0.382 e. The molecular formula is C10H19F3N2O. The van der Waals surface area contributed by atoms with Gasteiger partial charge in [-0.15, -0.1) is 0 Å². The number of likely N-dealkylation sites (tertiary alicyclic amines) is 1. The second-order valence-corrected chi connectivity index (χ2v) is 4.61. The Bertz CT molecular complexity index is 221. The van der Waals surface area contributed by atoms with Crippen molar-refractivity contribution >= 4 is 0 Å². The molecule has 0 radical (unpaired) electrons. The predicted molar refractivity (Wildman–Crippen MR) is 55.2 cm³/mol. The van der Waals surface area contributed by atoms with Crippen molar-refractivity contribution in [2.45, 2.75) is 31.2 Å². The van der Waals surface area contributed by atoms with E-state index in [0.29, 0.717) is 6.54 Å². The summed E-state index contributed by atoms with van der Waals surface area (Å²) in [5, 5.41) is 9.02. The van der Waals surface area contributed by atoms with E-state index >= 15 is 0 Å². The van der Waals surface area contributed by atoms with Crippen LogP contribution in [0.25, 0.3) is 0 Å². The molecule has 1 aliphatic rings. The minimum atomic E-state index is -4.51. The van der Waals surface area contributed by atoms with Crippen molar-refractivity contribution in [2.24, 2.45) is 0 Å². The predicted octanol–water partition coefficient (Wildman–Crippen LogP) is 0.936. The number of alkyl halides is 3. The van der Waals surface area contributed by atoms with Crippen molar-refractivity contribution in [1.29, 1.82) is 0 Å². The normalized spacial score (nSPS) is 25.3. The summed E-state index contributed by atoms with van der Waals surface area (Å²) >= 11 is 0. The van der Waals surface area contributed by atoms with Crippen LogP contribution in [-0.2, 0) is 0 Å². The van der Waals surface area contributed by atoms with Gasteiger partial charge in [0.15, 0.2) is 6.10 Å². The van der Waals surface area contributed by atoms with Crippen LogP contribution in [-0.4, -0.2) is 67.0 Å². The van der Waals surface area contributed by atoms with E-state index in [-0.39, 0.29) is 12.6 Å². The summed E-state index contributed by atoms with van der Waals surface area (Å²) in [5.74, 6) is 0. The molecule has 0 aromatic rings. The molecule has 2 unspecified atom stereocenters. The maximum Gasteiger partial charge on any atom is 0.415 e. The van der Waals surface area contributed by atoms with Crippen LogP contribution in [0, 0.1) is 0 Å². The van der Waals surface area contributed by atoms with Crippen LogP contribution in [0.3, 0.4) is 0 Å². The van der Waals surface area contributed by atoms with Gasteiger partial charge in [-0.1, -0.05) is 0 Å². The molecule has 16 heavy (non-hydrogen) atoms. The van der Waals surface area contributed by atoms with Crippen LogP contribution in [0.15, 0.2) is 0 Å². The van der Waals surface area contributed by atoms with Gasteiger partial charge in [0, 0.05) is 19.1 Å². The second-order valence-electron chi connectivity index (χ2n) is 4.61. The summed E-state index contributed by atoms with van der Waals surface area (Å²) in [6.45, 7) is 1.08. The molecule has 96 valence electrons. The first-order valence-electron chi connectivity index (χ1n) is 5.44. The first-order valence-corrected chi connectivity index (χ1v) is 5.44. The molecule has 1 fully saturated rings. The molecule has 1 saturated heterocycles. The number of halogens is 3. The summed E-state index contributed by atoms with van der Waals surface area (Å²) in [6, 6.07) is 0.131. The molecule has 1 aliphatic heterocycles. The van der Waals surface area contributed by atoms with Gasteiger partial charge in [-0.05, 0) is 33.5 Å². The van der Waals surface area contributed by atoms with Gasteiger partial charge in [0.05, 0.1) is 0 Å². The molecule has 0 saturated carbocycles. The topological polar surface area (TPSA) is 26.7 Å². The Morgan fingerprint density at radius 1 is 1.44 bits per heavy atom. The fraction of sp³-hybridized carbons (Fsp3) is 1.00. The molecule has 1 rings (SSSR count). The Kier molecular flexibility index (Phi) is 4.58. The molecule has 0 aromatic heterocycles. The fourth-order valence-electron chi connectivity index (χ4n) is 2.09. The second kappa shape index (κ2) is 5.33. The first kappa shape index (κ1) is 13.7.